The second-order valence-electron chi connectivity index (χ2n) is 4.73. The van der Waals surface area contributed by atoms with E-state index in [-0.39, 0.29) is 0 Å². The van der Waals surface area contributed by atoms with Crippen LogP contribution in [0.25, 0.3) is 0 Å². The first-order valence-corrected chi connectivity index (χ1v) is 5.79. The molecule has 5 heteroatoms. The fourth-order valence-electron chi connectivity index (χ4n) is 1.98. The molecule has 0 atom stereocenters. The Morgan fingerprint density at radius 3 is 2.94 bits per heavy atom. The minimum Gasteiger partial charge on any atom is -0.383 e. The van der Waals surface area contributed by atoms with E-state index in [2.05, 4.69) is 15.6 Å². The van der Waals surface area contributed by atoms with Crippen LogP contribution in [0.15, 0.2) is 6.20 Å². The van der Waals surface area contributed by atoms with Gasteiger partial charge in [-0.2, -0.15) is 0 Å². The molecule has 1 heterocycles. The van der Waals surface area contributed by atoms with Crippen molar-refractivity contribution in [3.05, 3.63) is 11.9 Å². The maximum Gasteiger partial charge on any atom is 0.0833 e. The van der Waals surface area contributed by atoms with Crippen LogP contribution in [0.3, 0.4) is 0 Å². The second kappa shape index (κ2) is 4.93. The number of rotatable bonds is 7. The summed E-state index contributed by atoms with van der Waals surface area (Å²) in [5.41, 5.74) is 1.54. The topological polar surface area (TPSA) is 52.0 Å². The summed E-state index contributed by atoms with van der Waals surface area (Å²) in [6.45, 7) is 2.77. The quantitative estimate of drug-likeness (QED) is 0.680. The molecule has 1 N–H and O–H groups in total. The molecule has 0 bridgehead atoms. The van der Waals surface area contributed by atoms with Crippen molar-refractivity contribution in [2.75, 3.05) is 26.8 Å². The van der Waals surface area contributed by atoms with Gasteiger partial charge in [0.25, 0.3) is 0 Å². The number of hydrogen-bond acceptors (Lipinski definition) is 4. The van der Waals surface area contributed by atoms with Gasteiger partial charge in [0.05, 0.1) is 12.3 Å². The zero-order valence-corrected chi connectivity index (χ0v) is 10.1. The number of hydrogen-bond donors (Lipinski definition) is 1. The molecule has 0 spiro atoms. The summed E-state index contributed by atoms with van der Waals surface area (Å²) in [7, 11) is 3.64. The molecule has 1 saturated carbocycles. The maximum atomic E-state index is 5.01. The van der Waals surface area contributed by atoms with Crippen LogP contribution in [-0.4, -0.2) is 41.8 Å². The molecule has 90 valence electrons. The molecule has 1 aromatic rings. The minimum atomic E-state index is 0.434. The van der Waals surface area contributed by atoms with Crippen LogP contribution in [-0.2, 0) is 18.2 Å². The molecule has 0 unspecified atom stereocenters. The monoisotopic (exact) mass is 224 g/mol. The normalized spacial score (nSPS) is 17.6. The third kappa shape index (κ3) is 3.02. The highest BCUT2D eigenvalue weighted by atomic mass is 16.5. The Morgan fingerprint density at radius 2 is 2.38 bits per heavy atom. The SMILES string of the molecule is COCCNCC1(Cc2cn(C)nn2)CC1. The predicted octanol–water partition coefficient (Wildman–Crippen LogP) is 0.374. The molecular formula is C11H20N4O. The lowest BCUT2D eigenvalue weighted by atomic mass is 10.0. The van der Waals surface area contributed by atoms with Crippen LogP contribution < -0.4 is 5.32 Å². The van der Waals surface area contributed by atoms with Gasteiger partial charge in [-0.15, -0.1) is 5.10 Å². The average Bonchev–Trinajstić information content (AvgIpc) is 2.90. The number of methoxy groups -OCH3 is 1. The summed E-state index contributed by atoms with van der Waals surface area (Å²) in [5.74, 6) is 0. The number of nitrogens with zero attached hydrogens (tertiary/aromatic N) is 3. The summed E-state index contributed by atoms with van der Waals surface area (Å²) in [5, 5.41) is 11.5. The first-order chi connectivity index (χ1) is 7.74. The van der Waals surface area contributed by atoms with Gasteiger partial charge >= 0.3 is 0 Å². The average molecular weight is 224 g/mol. The van der Waals surface area contributed by atoms with Gasteiger partial charge in [-0.3, -0.25) is 4.68 Å². The molecule has 1 aliphatic rings. The Balaban J connectivity index is 1.75. The third-order valence-corrected chi connectivity index (χ3v) is 3.15. The lowest BCUT2D eigenvalue weighted by Gasteiger charge is -2.14. The molecule has 1 fully saturated rings. The van der Waals surface area contributed by atoms with Crippen LogP contribution in [0.1, 0.15) is 18.5 Å². The van der Waals surface area contributed by atoms with Crippen molar-refractivity contribution in [3.63, 3.8) is 0 Å². The molecule has 0 amide bonds. The number of nitrogens with one attached hydrogen (secondary N) is 1. The van der Waals surface area contributed by atoms with Crippen molar-refractivity contribution in [1.29, 1.82) is 0 Å². The lowest BCUT2D eigenvalue weighted by molar-refractivity contribution is 0.197. The Bertz CT molecular complexity index is 332. The largest absolute Gasteiger partial charge is 0.383 e. The Morgan fingerprint density at radius 1 is 1.56 bits per heavy atom. The summed E-state index contributed by atoms with van der Waals surface area (Å²) in [6.07, 6.45) is 5.64. The van der Waals surface area contributed by atoms with Gasteiger partial charge in [-0.25, -0.2) is 0 Å². The minimum absolute atomic E-state index is 0.434. The van der Waals surface area contributed by atoms with Crippen LogP contribution in [0.4, 0.5) is 0 Å². The van der Waals surface area contributed by atoms with E-state index in [9.17, 15) is 0 Å². The van der Waals surface area contributed by atoms with Crippen LogP contribution in [0.5, 0.6) is 0 Å². The highest BCUT2D eigenvalue weighted by Gasteiger charge is 2.42. The standard InChI is InChI=1S/C11H20N4O/c1-15-8-10(13-14-15)7-11(3-4-11)9-12-5-6-16-2/h8,12H,3-7,9H2,1-2H3. The zero-order chi connectivity index (χ0) is 11.4. The van der Waals surface area contributed by atoms with E-state index in [4.69, 9.17) is 4.74 Å². The number of aromatic nitrogens is 3. The Labute approximate surface area is 96.2 Å². The van der Waals surface area contributed by atoms with Gasteiger partial charge in [0.15, 0.2) is 0 Å². The molecule has 0 saturated heterocycles. The maximum absolute atomic E-state index is 5.01. The number of ether oxygens (including phenoxy) is 1. The number of aryl methyl sites for hydroxylation is 1. The molecule has 1 aromatic heterocycles. The highest BCUT2D eigenvalue weighted by molar-refractivity contribution is 5.06. The van der Waals surface area contributed by atoms with Gasteiger partial charge in [-0.05, 0) is 24.7 Å². The van der Waals surface area contributed by atoms with Crippen LogP contribution >= 0.6 is 0 Å². The molecule has 1 aliphatic carbocycles. The molecule has 0 radical (unpaired) electrons. The fourth-order valence-corrected chi connectivity index (χ4v) is 1.98. The van der Waals surface area contributed by atoms with Crippen molar-refractivity contribution in [1.82, 2.24) is 20.3 Å². The Hall–Kier alpha value is -0.940. The predicted molar refractivity (Wildman–Crippen MR) is 61.1 cm³/mol. The van der Waals surface area contributed by atoms with Gasteiger partial charge in [0.2, 0.25) is 0 Å². The van der Waals surface area contributed by atoms with Gasteiger partial charge in [-0.1, -0.05) is 5.21 Å². The zero-order valence-electron chi connectivity index (χ0n) is 10.1. The van der Waals surface area contributed by atoms with E-state index in [0.29, 0.717) is 5.41 Å². The lowest BCUT2D eigenvalue weighted by Crippen LogP contribution is -2.28. The van der Waals surface area contributed by atoms with E-state index in [0.717, 1.165) is 31.8 Å². The van der Waals surface area contributed by atoms with Gasteiger partial charge in [0.1, 0.15) is 0 Å². The third-order valence-electron chi connectivity index (χ3n) is 3.15. The molecular weight excluding hydrogens is 204 g/mol. The second-order valence-corrected chi connectivity index (χ2v) is 4.73. The molecule has 0 aliphatic heterocycles. The van der Waals surface area contributed by atoms with Crippen molar-refractivity contribution in [2.24, 2.45) is 12.5 Å². The van der Waals surface area contributed by atoms with Crippen molar-refractivity contribution in [2.45, 2.75) is 19.3 Å². The Kier molecular flexibility index (Phi) is 3.56. The van der Waals surface area contributed by atoms with E-state index in [1.54, 1.807) is 11.8 Å². The first-order valence-electron chi connectivity index (χ1n) is 5.79. The van der Waals surface area contributed by atoms with Gasteiger partial charge < -0.3 is 10.1 Å². The van der Waals surface area contributed by atoms with Crippen molar-refractivity contribution < 1.29 is 4.74 Å². The summed E-state index contributed by atoms with van der Waals surface area (Å²) in [4.78, 5) is 0. The molecule has 5 nitrogen and oxygen atoms in total. The fraction of sp³-hybridized carbons (Fsp3) is 0.818. The van der Waals surface area contributed by atoms with E-state index >= 15 is 0 Å². The smallest absolute Gasteiger partial charge is 0.0833 e. The molecule has 16 heavy (non-hydrogen) atoms. The molecule has 0 aromatic carbocycles. The first kappa shape index (κ1) is 11.5. The summed E-state index contributed by atoms with van der Waals surface area (Å²) in [6, 6.07) is 0. The van der Waals surface area contributed by atoms with Crippen molar-refractivity contribution in [3.8, 4) is 0 Å². The summed E-state index contributed by atoms with van der Waals surface area (Å²) < 4.78 is 6.78. The molecule has 2 rings (SSSR count). The summed E-state index contributed by atoms with van der Waals surface area (Å²) >= 11 is 0. The van der Waals surface area contributed by atoms with E-state index in [1.807, 2.05) is 13.2 Å². The van der Waals surface area contributed by atoms with Gasteiger partial charge in [0, 0.05) is 33.4 Å². The van der Waals surface area contributed by atoms with Crippen LogP contribution in [0, 0.1) is 5.41 Å². The van der Waals surface area contributed by atoms with Crippen LogP contribution in [0.2, 0.25) is 0 Å². The van der Waals surface area contributed by atoms with E-state index < -0.39 is 0 Å². The van der Waals surface area contributed by atoms with E-state index in [1.165, 1.54) is 12.8 Å². The van der Waals surface area contributed by atoms with Crippen molar-refractivity contribution >= 4 is 0 Å². The highest BCUT2D eigenvalue weighted by Crippen LogP contribution is 2.47.